The Kier molecular flexibility index (Phi) is 5.30. The third-order valence-corrected chi connectivity index (χ3v) is 5.21. The number of ether oxygens (including phenoxy) is 1. The minimum Gasteiger partial charge on any atom is -0.389 e. The molecule has 7 nitrogen and oxygen atoms in total. The van der Waals surface area contributed by atoms with E-state index in [2.05, 4.69) is 15.3 Å². The monoisotopic (exact) mass is 400 g/mol. The van der Waals surface area contributed by atoms with Gasteiger partial charge in [0.2, 0.25) is 0 Å². The molecule has 1 saturated heterocycles. The third-order valence-electron chi connectivity index (χ3n) is 4.98. The van der Waals surface area contributed by atoms with E-state index in [9.17, 15) is 9.90 Å². The Balaban J connectivity index is 1.65. The number of hydrogen-bond acceptors (Lipinski definition) is 5. The van der Waals surface area contributed by atoms with Gasteiger partial charge in [0.1, 0.15) is 16.5 Å². The quantitative estimate of drug-likeness (QED) is 0.654. The summed E-state index contributed by atoms with van der Waals surface area (Å²) in [6.07, 6.45) is 4.12. The number of rotatable bonds is 4. The molecule has 8 heteroatoms. The van der Waals surface area contributed by atoms with Crippen LogP contribution in [0, 0.1) is 0 Å². The van der Waals surface area contributed by atoms with Crippen LogP contribution in [0.15, 0.2) is 36.7 Å². The summed E-state index contributed by atoms with van der Waals surface area (Å²) >= 11 is 5.88. The topological polar surface area (TPSA) is 89.3 Å². The number of carbonyl (C=O) groups excluding carboxylic acids is 1. The van der Waals surface area contributed by atoms with Crippen molar-refractivity contribution in [2.45, 2.75) is 25.0 Å². The van der Waals surface area contributed by atoms with Crippen LogP contribution in [0.4, 0.5) is 0 Å². The number of pyridine rings is 2. The molecule has 28 heavy (non-hydrogen) atoms. The first-order valence-electron chi connectivity index (χ1n) is 9.13. The highest BCUT2D eigenvalue weighted by Crippen LogP contribution is 2.23. The van der Waals surface area contributed by atoms with Crippen molar-refractivity contribution in [1.82, 2.24) is 19.9 Å². The summed E-state index contributed by atoms with van der Waals surface area (Å²) < 4.78 is 7.11. The van der Waals surface area contributed by atoms with Crippen LogP contribution in [0.3, 0.4) is 0 Å². The lowest BCUT2D eigenvalue weighted by molar-refractivity contribution is -0.0261. The first kappa shape index (κ1) is 18.9. The fourth-order valence-electron chi connectivity index (χ4n) is 3.43. The van der Waals surface area contributed by atoms with E-state index in [0.717, 1.165) is 22.2 Å². The van der Waals surface area contributed by atoms with Gasteiger partial charge in [0.25, 0.3) is 5.91 Å². The van der Waals surface area contributed by atoms with E-state index in [1.54, 1.807) is 18.3 Å². The number of aliphatic hydroxyl groups excluding tert-OH is 1. The highest BCUT2D eigenvalue weighted by atomic mass is 35.5. The summed E-state index contributed by atoms with van der Waals surface area (Å²) in [5.74, 6) is -0.301. The second-order valence-electron chi connectivity index (χ2n) is 7.01. The van der Waals surface area contributed by atoms with Gasteiger partial charge in [-0.05, 0) is 42.2 Å². The highest BCUT2D eigenvalue weighted by molar-refractivity contribution is 6.29. The molecule has 2 atom stereocenters. The van der Waals surface area contributed by atoms with E-state index in [0.29, 0.717) is 30.3 Å². The predicted octanol–water partition coefficient (Wildman–Crippen LogP) is 2.09. The maximum atomic E-state index is 12.8. The molecule has 3 aromatic rings. The lowest BCUT2D eigenvalue weighted by Crippen LogP contribution is -2.48. The Hall–Kier alpha value is -2.48. The minimum atomic E-state index is -0.712. The van der Waals surface area contributed by atoms with Crippen molar-refractivity contribution in [2.75, 3.05) is 13.2 Å². The third kappa shape index (κ3) is 3.87. The smallest absolute Gasteiger partial charge is 0.270 e. The number of carbonyl (C=O) groups is 1. The van der Waals surface area contributed by atoms with Crippen LogP contribution in [-0.4, -0.2) is 50.9 Å². The Morgan fingerprint density at radius 1 is 1.43 bits per heavy atom. The number of nitrogens with zero attached hydrogens (tertiary/aromatic N) is 3. The molecule has 146 valence electrons. The standard InChI is InChI=1S/C20H21ClN4O3/c1-25-6-4-14-13(8-12-2-3-18(21)22-10-12)9-16(23-19(14)25)20(27)24-15-5-7-28-11-17(15)26/h2-4,6,9-10,15,17,26H,5,7-8,11H2,1H3,(H,24,27)/t15-,17+/m0/s1. The Labute approximate surface area is 167 Å². The molecule has 3 aromatic heterocycles. The molecule has 2 N–H and O–H groups in total. The number of hydrogen-bond donors (Lipinski definition) is 2. The molecule has 0 bridgehead atoms. The lowest BCUT2D eigenvalue weighted by Gasteiger charge is -2.28. The van der Waals surface area contributed by atoms with Crippen molar-refractivity contribution in [3.63, 3.8) is 0 Å². The van der Waals surface area contributed by atoms with Crippen LogP contribution in [-0.2, 0) is 18.2 Å². The number of aromatic nitrogens is 3. The number of amides is 1. The molecule has 4 heterocycles. The normalized spacial score (nSPS) is 19.7. The fraction of sp³-hybridized carbons (Fsp3) is 0.350. The van der Waals surface area contributed by atoms with E-state index >= 15 is 0 Å². The van der Waals surface area contributed by atoms with Crippen molar-refractivity contribution in [1.29, 1.82) is 0 Å². The molecule has 4 rings (SSSR count). The van der Waals surface area contributed by atoms with Crippen LogP contribution in [0.2, 0.25) is 5.15 Å². The number of aryl methyl sites for hydroxylation is 1. The molecule has 0 aliphatic carbocycles. The molecule has 0 radical (unpaired) electrons. The zero-order valence-electron chi connectivity index (χ0n) is 15.4. The van der Waals surface area contributed by atoms with E-state index in [1.807, 2.05) is 29.9 Å². The number of nitrogens with one attached hydrogen (secondary N) is 1. The minimum absolute atomic E-state index is 0.226. The van der Waals surface area contributed by atoms with Crippen molar-refractivity contribution in [3.8, 4) is 0 Å². The predicted molar refractivity (Wildman–Crippen MR) is 105 cm³/mol. The van der Waals surface area contributed by atoms with Gasteiger partial charge < -0.3 is 19.7 Å². The summed E-state index contributed by atoms with van der Waals surface area (Å²) in [6.45, 7) is 0.741. The van der Waals surface area contributed by atoms with Crippen molar-refractivity contribution < 1.29 is 14.6 Å². The second-order valence-corrected chi connectivity index (χ2v) is 7.39. The van der Waals surface area contributed by atoms with Gasteiger partial charge in [0.05, 0.1) is 18.8 Å². The molecule has 0 saturated carbocycles. The molecule has 0 unspecified atom stereocenters. The van der Waals surface area contributed by atoms with Crippen LogP contribution in [0.25, 0.3) is 11.0 Å². The molecular formula is C20H21ClN4O3. The van der Waals surface area contributed by atoms with Crippen LogP contribution < -0.4 is 5.32 Å². The van der Waals surface area contributed by atoms with Gasteiger partial charge in [0, 0.05) is 31.4 Å². The van der Waals surface area contributed by atoms with Gasteiger partial charge in [0.15, 0.2) is 0 Å². The molecule has 1 aliphatic heterocycles. The highest BCUT2D eigenvalue weighted by Gasteiger charge is 2.26. The van der Waals surface area contributed by atoms with Crippen molar-refractivity contribution in [2.24, 2.45) is 7.05 Å². The Morgan fingerprint density at radius 2 is 2.29 bits per heavy atom. The zero-order chi connectivity index (χ0) is 19.7. The summed E-state index contributed by atoms with van der Waals surface area (Å²) in [5, 5.41) is 14.4. The second kappa shape index (κ2) is 7.87. The summed E-state index contributed by atoms with van der Waals surface area (Å²) in [4.78, 5) is 21.5. The van der Waals surface area contributed by atoms with Gasteiger partial charge in [-0.2, -0.15) is 0 Å². The van der Waals surface area contributed by atoms with E-state index in [-0.39, 0.29) is 18.6 Å². The van der Waals surface area contributed by atoms with E-state index in [4.69, 9.17) is 16.3 Å². The Morgan fingerprint density at radius 3 is 3.04 bits per heavy atom. The molecule has 1 amide bonds. The zero-order valence-corrected chi connectivity index (χ0v) is 16.2. The maximum absolute atomic E-state index is 12.8. The lowest BCUT2D eigenvalue weighted by atomic mass is 10.0. The van der Waals surface area contributed by atoms with Gasteiger partial charge in [-0.15, -0.1) is 0 Å². The number of halogens is 1. The molecule has 0 aromatic carbocycles. The molecule has 0 spiro atoms. The average molecular weight is 401 g/mol. The van der Waals surface area contributed by atoms with Crippen LogP contribution >= 0.6 is 11.6 Å². The van der Waals surface area contributed by atoms with Gasteiger partial charge in [-0.3, -0.25) is 4.79 Å². The van der Waals surface area contributed by atoms with Gasteiger partial charge >= 0.3 is 0 Å². The molecule has 1 fully saturated rings. The van der Waals surface area contributed by atoms with Crippen molar-refractivity contribution in [3.05, 3.63) is 58.6 Å². The largest absolute Gasteiger partial charge is 0.389 e. The van der Waals surface area contributed by atoms with Gasteiger partial charge in [-0.1, -0.05) is 17.7 Å². The first-order valence-corrected chi connectivity index (χ1v) is 9.51. The Bertz CT molecular complexity index is 1000. The van der Waals surface area contributed by atoms with E-state index in [1.165, 1.54) is 0 Å². The molecular weight excluding hydrogens is 380 g/mol. The maximum Gasteiger partial charge on any atom is 0.270 e. The summed E-state index contributed by atoms with van der Waals surface area (Å²) in [6, 6.07) is 7.13. The molecule has 1 aliphatic rings. The van der Waals surface area contributed by atoms with Crippen molar-refractivity contribution >= 4 is 28.5 Å². The summed E-state index contributed by atoms with van der Waals surface area (Å²) in [7, 11) is 1.90. The first-order chi connectivity index (χ1) is 13.5. The fourth-order valence-corrected chi connectivity index (χ4v) is 3.54. The van der Waals surface area contributed by atoms with E-state index < -0.39 is 6.10 Å². The van der Waals surface area contributed by atoms with Crippen LogP contribution in [0.1, 0.15) is 28.0 Å². The van der Waals surface area contributed by atoms with Crippen LogP contribution in [0.5, 0.6) is 0 Å². The summed E-state index contributed by atoms with van der Waals surface area (Å²) in [5.41, 5.74) is 3.03. The number of fused-ring (bicyclic) bond motifs is 1. The number of aliphatic hydroxyl groups is 1. The SMILES string of the molecule is Cn1ccc2c(Cc3ccc(Cl)nc3)cc(C(=O)N[C@H]3CCOC[C@H]3O)nc21. The average Bonchev–Trinajstić information content (AvgIpc) is 3.07. The van der Waals surface area contributed by atoms with Gasteiger partial charge in [-0.25, -0.2) is 9.97 Å².